The second-order valence-corrected chi connectivity index (χ2v) is 9.37. The van der Waals surface area contributed by atoms with E-state index in [1.165, 1.54) is 24.7 Å². The molecule has 34 heavy (non-hydrogen) atoms. The fraction of sp³-hybridized carbons (Fsp3) is 0.385. The van der Waals surface area contributed by atoms with Gasteiger partial charge in [-0.15, -0.1) is 0 Å². The summed E-state index contributed by atoms with van der Waals surface area (Å²) in [6.45, 7) is 10.7. The largest absolute Gasteiger partial charge is 0.389 e. The zero-order valence-corrected chi connectivity index (χ0v) is 20.4. The van der Waals surface area contributed by atoms with Gasteiger partial charge in [0, 0.05) is 35.0 Å². The lowest BCUT2D eigenvalue weighted by molar-refractivity contribution is 0.197. The lowest BCUT2D eigenvalue weighted by Gasteiger charge is -2.11. The molecule has 8 nitrogen and oxygen atoms in total. The van der Waals surface area contributed by atoms with Gasteiger partial charge in [-0.25, -0.2) is 19.3 Å². The van der Waals surface area contributed by atoms with Gasteiger partial charge >= 0.3 is 0 Å². The fourth-order valence-electron chi connectivity index (χ4n) is 4.51. The normalized spacial score (nSPS) is 14.4. The average molecular weight is 458 g/mol. The van der Waals surface area contributed by atoms with Crippen molar-refractivity contribution in [2.75, 3.05) is 5.32 Å². The maximum Gasteiger partial charge on any atom is 0.159 e. The van der Waals surface area contributed by atoms with Crippen LogP contribution in [-0.4, -0.2) is 34.6 Å². The predicted molar refractivity (Wildman–Crippen MR) is 132 cm³/mol. The van der Waals surface area contributed by atoms with Gasteiger partial charge < -0.3 is 10.4 Å². The van der Waals surface area contributed by atoms with Crippen LogP contribution in [0.25, 0.3) is 17.1 Å². The molecule has 0 saturated heterocycles. The number of nitrogens with one attached hydrogen (secondary N) is 1. The van der Waals surface area contributed by atoms with E-state index < -0.39 is 6.10 Å². The summed E-state index contributed by atoms with van der Waals surface area (Å²) in [5.74, 6) is 2.95. The average Bonchev–Trinajstić information content (AvgIpc) is 3.50. The lowest BCUT2D eigenvalue weighted by Crippen LogP contribution is -2.09. The van der Waals surface area contributed by atoms with Crippen LogP contribution in [-0.2, 0) is 6.54 Å². The SMILES string of the molecule is Cc1ccc(-c2nn(CC3CC3)c(Nc3cc(-n4nc(C)c(C(C)O)c4C)ncn3)c2C)cc1. The van der Waals surface area contributed by atoms with E-state index in [0.29, 0.717) is 17.6 Å². The lowest BCUT2D eigenvalue weighted by atomic mass is 10.1. The fourth-order valence-corrected chi connectivity index (χ4v) is 4.51. The molecule has 0 aliphatic heterocycles. The summed E-state index contributed by atoms with van der Waals surface area (Å²) < 4.78 is 3.84. The molecule has 0 amide bonds. The van der Waals surface area contributed by atoms with Crippen molar-refractivity contribution in [1.29, 1.82) is 0 Å². The Bertz CT molecular complexity index is 1330. The van der Waals surface area contributed by atoms with E-state index in [4.69, 9.17) is 5.10 Å². The summed E-state index contributed by atoms with van der Waals surface area (Å²) in [6, 6.07) is 10.4. The van der Waals surface area contributed by atoms with E-state index >= 15 is 0 Å². The second kappa shape index (κ2) is 8.68. The van der Waals surface area contributed by atoms with Crippen LogP contribution in [0, 0.1) is 33.6 Å². The number of aryl methyl sites for hydroxylation is 2. The Balaban J connectivity index is 1.51. The standard InChI is InChI=1S/C26H31N7O/c1-15-6-10-21(11-7-15)25-16(2)26(32(31-25)13-20-8-9-20)29-22-12-23(28-14-27-22)33-18(4)24(19(5)34)17(3)30-33/h6-7,10-12,14,19-20,34H,8-9,13H2,1-5H3,(H,27,28,29). The first-order chi connectivity index (χ1) is 16.3. The summed E-state index contributed by atoms with van der Waals surface area (Å²) in [6.07, 6.45) is 3.44. The number of hydrogen-bond donors (Lipinski definition) is 2. The first-order valence-corrected chi connectivity index (χ1v) is 11.8. The predicted octanol–water partition coefficient (Wildman–Crippen LogP) is 4.97. The molecule has 4 aromatic rings. The third-order valence-corrected chi connectivity index (χ3v) is 6.52. The van der Waals surface area contributed by atoms with Crippen molar-refractivity contribution >= 4 is 11.6 Å². The van der Waals surface area contributed by atoms with E-state index in [2.05, 4.69) is 63.2 Å². The summed E-state index contributed by atoms with van der Waals surface area (Å²) in [4.78, 5) is 8.91. The highest BCUT2D eigenvalue weighted by Gasteiger charge is 2.26. The molecule has 2 N–H and O–H groups in total. The van der Waals surface area contributed by atoms with E-state index in [9.17, 15) is 5.11 Å². The van der Waals surface area contributed by atoms with Crippen LogP contribution < -0.4 is 5.32 Å². The van der Waals surface area contributed by atoms with Gasteiger partial charge in [0.2, 0.25) is 0 Å². The molecule has 5 rings (SSSR count). The summed E-state index contributed by atoms with van der Waals surface area (Å²) in [7, 11) is 0. The van der Waals surface area contributed by atoms with Gasteiger partial charge in [0.25, 0.3) is 0 Å². The van der Waals surface area contributed by atoms with Crippen molar-refractivity contribution in [3.05, 3.63) is 64.7 Å². The van der Waals surface area contributed by atoms with E-state index in [1.807, 2.05) is 19.9 Å². The Morgan fingerprint density at radius 1 is 1.06 bits per heavy atom. The molecular formula is C26H31N7O. The number of aliphatic hydroxyl groups excluding tert-OH is 1. The van der Waals surface area contributed by atoms with Gasteiger partial charge in [-0.2, -0.15) is 10.2 Å². The summed E-state index contributed by atoms with van der Waals surface area (Å²) >= 11 is 0. The molecule has 3 aromatic heterocycles. The van der Waals surface area contributed by atoms with E-state index in [-0.39, 0.29) is 0 Å². The molecule has 1 aliphatic rings. The van der Waals surface area contributed by atoms with Crippen molar-refractivity contribution in [1.82, 2.24) is 29.5 Å². The topological polar surface area (TPSA) is 93.7 Å². The van der Waals surface area contributed by atoms with Crippen LogP contribution >= 0.6 is 0 Å². The number of rotatable bonds is 7. The molecule has 1 saturated carbocycles. The highest BCUT2D eigenvalue weighted by atomic mass is 16.3. The summed E-state index contributed by atoms with van der Waals surface area (Å²) in [5, 5.41) is 23.2. The van der Waals surface area contributed by atoms with Gasteiger partial charge in [-0.1, -0.05) is 29.8 Å². The minimum Gasteiger partial charge on any atom is -0.389 e. The third kappa shape index (κ3) is 4.21. The number of aromatic nitrogens is 6. The van der Waals surface area contributed by atoms with Gasteiger partial charge in [0.1, 0.15) is 18.0 Å². The van der Waals surface area contributed by atoms with Crippen LogP contribution in [0.3, 0.4) is 0 Å². The third-order valence-electron chi connectivity index (χ3n) is 6.52. The molecular weight excluding hydrogens is 426 g/mol. The van der Waals surface area contributed by atoms with Crippen LogP contribution in [0.1, 0.15) is 53.9 Å². The number of aliphatic hydroxyl groups is 1. The quantitative estimate of drug-likeness (QED) is 0.407. The Morgan fingerprint density at radius 2 is 1.79 bits per heavy atom. The molecule has 3 heterocycles. The smallest absolute Gasteiger partial charge is 0.159 e. The Morgan fingerprint density at radius 3 is 2.44 bits per heavy atom. The molecule has 1 fully saturated rings. The number of hydrogen-bond acceptors (Lipinski definition) is 6. The molecule has 8 heteroatoms. The molecule has 1 aromatic carbocycles. The molecule has 0 bridgehead atoms. The number of benzene rings is 1. The van der Waals surface area contributed by atoms with Gasteiger partial charge in [-0.3, -0.25) is 0 Å². The van der Waals surface area contributed by atoms with Crippen molar-refractivity contribution < 1.29 is 5.11 Å². The second-order valence-electron chi connectivity index (χ2n) is 9.37. The minimum absolute atomic E-state index is 0.590. The van der Waals surface area contributed by atoms with Crippen molar-refractivity contribution in [2.45, 2.75) is 60.1 Å². The van der Waals surface area contributed by atoms with Crippen LogP contribution in [0.15, 0.2) is 36.7 Å². The maximum absolute atomic E-state index is 10.1. The zero-order valence-electron chi connectivity index (χ0n) is 20.4. The van der Waals surface area contributed by atoms with Crippen LogP contribution in [0.2, 0.25) is 0 Å². The van der Waals surface area contributed by atoms with Crippen molar-refractivity contribution in [3.63, 3.8) is 0 Å². The number of nitrogens with zero attached hydrogens (tertiary/aromatic N) is 6. The van der Waals surface area contributed by atoms with Gasteiger partial charge in [0.15, 0.2) is 5.82 Å². The van der Waals surface area contributed by atoms with Crippen LogP contribution in [0.5, 0.6) is 0 Å². The highest BCUT2D eigenvalue weighted by Crippen LogP contribution is 2.35. The zero-order chi connectivity index (χ0) is 24.0. The maximum atomic E-state index is 10.1. The monoisotopic (exact) mass is 457 g/mol. The number of anilines is 2. The van der Waals surface area contributed by atoms with Crippen LogP contribution in [0.4, 0.5) is 11.6 Å². The Hall–Kier alpha value is -3.52. The molecule has 1 aliphatic carbocycles. The first kappa shape index (κ1) is 22.3. The molecule has 0 spiro atoms. The van der Waals surface area contributed by atoms with Crippen molar-refractivity contribution in [3.8, 4) is 17.1 Å². The minimum atomic E-state index is -0.590. The Labute approximate surface area is 199 Å². The summed E-state index contributed by atoms with van der Waals surface area (Å²) in [5.41, 5.74) is 6.90. The molecule has 1 unspecified atom stereocenters. The molecule has 1 atom stereocenters. The van der Waals surface area contributed by atoms with Gasteiger partial charge in [-0.05, 0) is 53.4 Å². The first-order valence-electron chi connectivity index (χ1n) is 11.8. The molecule has 176 valence electrons. The van der Waals surface area contributed by atoms with E-state index in [0.717, 1.165) is 46.1 Å². The Kier molecular flexibility index (Phi) is 5.69. The van der Waals surface area contributed by atoms with Gasteiger partial charge in [0.05, 0.1) is 17.5 Å². The highest BCUT2D eigenvalue weighted by molar-refractivity contribution is 5.71. The van der Waals surface area contributed by atoms with E-state index in [1.54, 1.807) is 11.6 Å². The van der Waals surface area contributed by atoms with Crippen molar-refractivity contribution in [2.24, 2.45) is 5.92 Å². The molecule has 0 radical (unpaired) electrons.